The minimum absolute atomic E-state index is 0.270. The van der Waals surface area contributed by atoms with E-state index in [1.54, 1.807) is 0 Å². The minimum Gasteiger partial charge on any atom is -0.409 e. The lowest BCUT2D eigenvalue weighted by Gasteiger charge is -2.33. The second-order valence-corrected chi connectivity index (χ2v) is 5.32. The third-order valence-electron chi connectivity index (χ3n) is 3.39. The van der Waals surface area contributed by atoms with Gasteiger partial charge in [-0.3, -0.25) is 5.43 Å². The first-order valence-electron chi connectivity index (χ1n) is 6.11. The molecule has 1 rings (SSSR count). The van der Waals surface area contributed by atoms with E-state index in [-0.39, 0.29) is 11.3 Å². The van der Waals surface area contributed by atoms with Gasteiger partial charge in [0.05, 0.1) is 0 Å². The third kappa shape index (κ3) is 4.49. The number of hydrogen-bond donors (Lipinski definition) is 3. The summed E-state index contributed by atoms with van der Waals surface area (Å²) in [4.78, 5) is 2.32. The van der Waals surface area contributed by atoms with Gasteiger partial charge in [-0.1, -0.05) is 19.0 Å². The molecule has 0 aromatic carbocycles. The molecule has 0 spiro atoms. The maximum Gasteiger partial charge on any atom is 0.144 e. The van der Waals surface area contributed by atoms with Gasteiger partial charge in [-0.15, -0.1) is 0 Å². The van der Waals surface area contributed by atoms with Crippen LogP contribution >= 0.6 is 0 Å². The highest BCUT2D eigenvalue weighted by Gasteiger charge is 2.23. The van der Waals surface area contributed by atoms with Crippen molar-refractivity contribution in [2.24, 2.45) is 16.3 Å². The number of piperazine rings is 1. The Bertz CT molecular complexity index is 259. The zero-order chi connectivity index (χ0) is 12.9. The van der Waals surface area contributed by atoms with Crippen LogP contribution in [0.5, 0.6) is 0 Å². The second kappa shape index (κ2) is 6.18. The summed E-state index contributed by atoms with van der Waals surface area (Å²) in [6.45, 7) is 9.07. The van der Waals surface area contributed by atoms with Crippen molar-refractivity contribution >= 4 is 5.84 Å². The molecule has 1 fully saturated rings. The van der Waals surface area contributed by atoms with Crippen molar-refractivity contribution in [2.75, 3.05) is 39.8 Å². The number of nitrogens with two attached hydrogens (primary N) is 1. The Labute approximate surface area is 103 Å². The SMILES string of the molecule is CN1CCN(NCCC(C)(C)C(N)=NO)CC1. The summed E-state index contributed by atoms with van der Waals surface area (Å²) in [7, 11) is 2.14. The Morgan fingerprint density at radius 2 is 1.94 bits per heavy atom. The van der Waals surface area contributed by atoms with E-state index in [0.717, 1.165) is 39.1 Å². The number of rotatable bonds is 5. The summed E-state index contributed by atoms with van der Waals surface area (Å²) >= 11 is 0. The lowest BCUT2D eigenvalue weighted by atomic mass is 9.88. The molecule has 100 valence electrons. The molecular weight excluding hydrogens is 218 g/mol. The molecule has 1 heterocycles. The highest BCUT2D eigenvalue weighted by molar-refractivity contribution is 5.85. The molecule has 1 saturated heterocycles. The van der Waals surface area contributed by atoms with Gasteiger partial charge >= 0.3 is 0 Å². The van der Waals surface area contributed by atoms with E-state index in [1.165, 1.54) is 0 Å². The molecular formula is C11H25N5O. The number of oxime groups is 1. The summed E-state index contributed by atoms with van der Waals surface area (Å²) in [5.74, 6) is 0.290. The van der Waals surface area contributed by atoms with E-state index in [2.05, 4.69) is 27.5 Å². The van der Waals surface area contributed by atoms with E-state index in [0.29, 0.717) is 0 Å². The van der Waals surface area contributed by atoms with Crippen LogP contribution in [0.25, 0.3) is 0 Å². The van der Waals surface area contributed by atoms with E-state index >= 15 is 0 Å². The first-order valence-corrected chi connectivity index (χ1v) is 6.11. The van der Waals surface area contributed by atoms with E-state index in [9.17, 15) is 0 Å². The van der Waals surface area contributed by atoms with Gasteiger partial charge in [-0.2, -0.15) is 0 Å². The fourth-order valence-electron chi connectivity index (χ4n) is 1.75. The highest BCUT2D eigenvalue weighted by Crippen LogP contribution is 2.19. The molecule has 6 nitrogen and oxygen atoms in total. The normalized spacial score (nSPS) is 20.8. The molecule has 6 heteroatoms. The molecule has 4 N–H and O–H groups in total. The number of hydrogen-bond acceptors (Lipinski definition) is 5. The van der Waals surface area contributed by atoms with Crippen molar-refractivity contribution in [1.82, 2.24) is 15.3 Å². The van der Waals surface area contributed by atoms with Crippen molar-refractivity contribution in [3.8, 4) is 0 Å². The van der Waals surface area contributed by atoms with Crippen LogP contribution in [0.2, 0.25) is 0 Å². The quantitative estimate of drug-likeness (QED) is 0.272. The third-order valence-corrected chi connectivity index (χ3v) is 3.39. The van der Waals surface area contributed by atoms with Gasteiger partial charge < -0.3 is 15.8 Å². The predicted octanol–water partition coefficient (Wildman–Crippen LogP) is -0.0989. The number of likely N-dealkylation sites (N-methyl/N-ethyl adjacent to an activating group) is 1. The Morgan fingerprint density at radius 1 is 1.35 bits per heavy atom. The lowest BCUT2D eigenvalue weighted by molar-refractivity contribution is 0.101. The average Bonchev–Trinajstić information content (AvgIpc) is 2.30. The minimum atomic E-state index is -0.270. The van der Waals surface area contributed by atoms with Crippen LogP contribution in [0.15, 0.2) is 5.16 Å². The van der Waals surface area contributed by atoms with Crippen molar-refractivity contribution < 1.29 is 5.21 Å². The molecule has 0 unspecified atom stereocenters. The molecule has 0 aromatic rings. The van der Waals surface area contributed by atoms with E-state index in [4.69, 9.17) is 10.9 Å². The Balaban J connectivity index is 2.24. The Morgan fingerprint density at radius 3 is 2.47 bits per heavy atom. The van der Waals surface area contributed by atoms with Crippen molar-refractivity contribution in [3.63, 3.8) is 0 Å². The smallest absolute Gasteiger partial charge is 0.144 e. The number of nitrogens with zero attached hydrogens (tertiary/aromatic N) is 3. The first kappa shape index (κ1) is 14.2. The van der Waals surface area contributed by atoms with Crippen LogP contribution in [-0.4, -0.2) is 60.7 Å². The van der Waals surface area contributed by atoms with Crippen LogP contribution in [0, 0.1) is 5.41 Å². The summed E-state index contributed by atoms with van der Waals surface area (Å²) in [5.41, 5.74) is 8.76. The van der Waals surface area contributed by atoms with Crippen LogP contribution in [0.3, 0.4) is 0 Å². The number of hydrazine groups is 1. The Hall–Kier alpha value is -0.850. The number of amidine groups is 1. The summed E-state index contributed by atoms with van der Waals surface area (Å²) < 4.78 is 0. The maximum absolute atomic E-state index is 8.67. The molecule has 0 radical (unpaired) electrons. The second-order valence-electron chi connectivity index (χ2n) is 5.32. The molecule has 1 aliphatic rings. The molecule has 0 aromatic heterocycles. The standard InChI is InChI=1S/C11H25N5O/c1-11(2,10(12)14-17)4-5-13-16-8-6-15(3)7-9-16/h13,17H,4-9H2,1-3H3,(H2,12,14). The zero-order valence-corrected chi connectivity index (χ0v) is 11.1. The van der Waals surface area contributed by atoms with Crippen LogP contribution in [0.1, 0.15) is 20.3 Å². The van der Waals surface area contributed by atoms with Crippen LogP contribution in [-0.2, 0) is 0 Å². The molecule has 0 aliphatic carbocycles. The molecule has 1 aliphatic heterocycles. The predicted molar refractivity (Wildman–Crippen MR) is 68.9 cm³/mol. The van der Waals surface area contributed by atoms with Gasteiger partial charge in [0.25, 0.3) is 0 Å². The topological polar surface area (TPSA) is 77.1 Å². The summed E-state index contributed by atoms with van der Waals surface area (Å²) in [6, 6.07) is 0. The molecule has 0 bridgehead atoms. The van der Waals surface area contributed by atoms with Gasteiger partial charge in [-0.05, 0) is 13.5 Å². The zero-order valence-electron chi connectivity index (χ0n) is 11.1. The van der Waals surface area contributed by atoms with Gasteiger partial charge in [0.2, 0.25) is 0 Å². The maximum atomic E-state index is 8.67. The van der Waals surface area contributed by atoms with Crippen molar-refractivity contribution in [2.45, 2.75) is 20.3 Å². The van der Waals surface area contributed by atoms with Gasteiger partial charge in [0.15, 0.2) is 0 Å². The fraction of sp³-hybridized carbons (Fsp3) is 0.909. The van der Waals surface area contributed by atoms with Crippen LogP contribution < -0.4 is 11.2 Å². The molecule has 0 atom stereocenters. The largest absolute Gasteiger partial charge is 0.409 e. The Kier molecular flexibility index (Phi) is 5.17. The van der Waals surface area contributed by atoms with E-state index < -0.39 is 0 Å². The molecule has 17 heavy (non-hydrogen) atoms. The van der Waals surface area contributed by atoms with Crippen molar-refractivity contribution in [3.05, 3.63) is 0 Å². The van der Waals surface area contributed by atoms with Gasteiger partial charge in [0.1, 0.15) is 5.84 Å². The molecule has 0 amide bonds. The van der Waals surface area contributed by atoms with E-state index in [1.807, 2.05) is 13.8 Å². The summed E-state index contributed by atoms with van der Waals surface area (Å²) in [6.07, 6.45) is 0.842. The monoisotopic (exact) mass is 243 g/mol. The van der Waals surface area contributed by atoms with Crippen LogP contribution in [0.4, 0.5) is 0 Å². The average molecular weight is 243 g/mol. The highest BCUT2D eigenvalue weighted by atomic mass is 16.4. The van der Waals surface area contributed by atoms with Crippen molar-refractivity contribution in [1.29, 1.82) is 0 Å². The first-order chi connectivity index (χ1) is 7.95. The van der Waals surface area contributed by atoms with Gasteiger partial charge in [-0.25, -0.2) is 5.01 Å². The summed E-state index contributed by atoms with van der Waals surface area (Å²) in [5, 5.41) is 14.0. The molecule has 0 saturated carbocycles. The van der Waals surface area contributed by atoms with Gasteiger partial charge in [0, 0.05) is 38.1 Å². The number of nitrogens with one attached hydrogen (secondary N) is 1. The lowest BCUT2D eigenvalue weighted by Crippen LogP contribution is -2.51. The fourth-order valence-corrected chi connectivity index (χ4v) is 1.75.